The molecule has 3 aliphatic rings. The summed E-state index contributed by atoms with van der Waals surface area (Å²) in [7, 11) is 2.56. The summed E-state index contributed by atoms with van der Waals surface area (Å²) in [6, 6.07) is 14.1. The molecular weight excluding hydrogens is 781 g/mol. The predicted molar refractivity (Wildman–Crippen MR) is 225 cm³/mol. The molecule has 2 aromatic carbocycles. The van der Waals surface area contributed by atoms with Crippen LogP contribution in [0.5, 0.6) is 0 Å². The Kier molecular flexibility index (Phi) is 13.2. The Morgan fingerprint density at radius 1 is 0.724 bits per heavy atom. The van der Waals surface area contributed by atoms with Crippen LogP contribution in [0.1, 0.15) is 78.2 Å². The molecule has 0 unspecified atom stereocenters. The van der Waals surface area contributed by atoms with E-state index in [9.17, 15) is 19.2 Å². The maximum Gasteiger partial charge on any atom is 0.407 e. The molecule has 2 saturated heterocycles. The first kappa shape index (κ1) is 42.7. The molecule has 13 nitrogen and oxygen atoms in total. The van der Waals surface area contributed by atoms with Gasteiger partial charge in [0.25, 0.3) is 0 Å². The van der Waals surface area contributed by atoms with Crippen molar-refractivity contribution in [2.45, 2.75) is 85.0 Å². The number of amides is 4. The fourth-order valence-corrected chi connectivity index (χ4v) is 8.75. The Bertz CT molecular complexity index is 2080. The summed E-state index contributed by atoms with van der Waals surface area (Å²) in [5.41, 5.74) is 6.12. The number of carbonyl (C=O) groups excluding carboxylic acids is 4. The van der Waals surface area contributed by atoms with Crippen LogP contribution in [0.2, 0.25) is 5.15 Å². The second-order valence-electron chi connectivity index (χ2n) is 16.4. The molecule has 4 amide bonds. The number of benzene rings is 2. The van der Waals surface area contributed by atoms with Crippen molar-refractivity contribution in [3.8, 4) is 22.4 Å². The number of halogens is 2. The van der Waals surface area contributed by atoms with E-state index in [-0.39, 0.29) is 47.6 Å². The molecule has 0 radical (unpaired) electrons. The van der Waals surface area contributed by atoms with Gasteiger partial charge in [0.2, 0.25) is 11.8 Å². The van der Waals surface area contributed by atoms with Crippen molar-refractivity contribution >= 4 is 58.5 Å². The van der Waals surface area contributed by atoms with Gasteiger partial charge in [-0.15, -0.1) is 0 Å². The number of hydrogen-bond donors (Lipinski definition) is 3. The lowest BCUT2D eigenvalue weighted by atomic mass is 9.95. The number of ether oxygens (including phenoxy) is 2. The standard InChI is InChI=1S/C43H53Cl2N7O6/c1-22(2)34(48-42(55)57-7)40(53)51-20-24(5)17-32(51)31-19-30(37(44)46-31)28-13-9-26(10-14-28)27-11-15-29(16-12-27)36-38(45)50-39(47-36)33-18-25(6)21-52(33)41(54)35(23(3)4)49-43(56)58-8/h9-16,22-25,32-35H,17-21H2,1-8H3,(H,47,50)(H,48,55)(H,49,56)/t24-,25-,32-,33-,34-,35-/m0/s1. The first-order valence-electron chi connectivity index (χ1n) is 19.8. The maximum atomic E-state index is 13.8. The molecule has 3 N–H and O–H groups in total. The quantitative estimate of drug-likeness (QED) is 0.165. The largest absolute Gasteiger partial charge is 0.453 e. The average molecular weight is 835 g/mol. The van der Waals surface area contributed by atoms with E-state index in [1.165, 1.54) is 14.2 Å². The first-order chi connectivity index (χ1) is 27.6. The van der Waals surface area contributed by atoms with Crippen LogP contribution in [-0.2, 0) is 19.1 Å². The average Bonchev–Trinajstić information content (AvgIpc) is 3.99. The van der Waals surface area contributed by atoms with Crippen molar-refractivity contribution in [3.05, 3.63) is 70.2 Å². The van der Waals surface area contributed by atoms with Gasteiger partial charge in [0.15, 0.2) is 0 Å². The first-order valence-corrected chi connectivity index (χ1v) is 20.6. The fraction of sp³-hybridized carbons (Fsp3) is 0.488. The van der Waals surface area contributed by atoms with Crippen LogP contribution in [0.25, 0.3) is 28.0 Å². The van der Waals surface area contributed by atoms with Gasteiger partial charge in [-0.3, -0.25) is 9.59 Å². The van der Waals surface area contributed by atoms with E-state index in [4.69, 9.17) is 42.7 Å². The van der Waals surface area contributed by atoms with Crippen LogP contribution in [0.3, 0.4) is 0 Å². The molecule has 0 bridgehead atoms. The van der Waals surface area contributed by atoms with Gasteiger partial charge in [-0.2, -0.15) is 0 Å². The molecule has 2 fully saturated rings. The molecule has 6 atom stereocenters. The number of rotatable bonds is 11. The summed E-state index contributed by atoms with van der Waals surface area (Å²) in [5, 5.41) is 6.20. The van der Waals surface area contributed by atoms with Crippen molar-refractivity contribution in [2.75, 3.05) is 27.3 Å². The molecule has 0 saturated carbocycles. The highest BCUT2D eigenvalue weighted by Gasteiger charge is 2.42. The van der Waals surface area contributed by atoms with Crippen molar-refractivity contribution in [3.63, 3.8) is 0 Å². The van der Waals surface area contributed by atoms with E-state index in [0.717, 1.165) is 40.0 Å². The van der Waals surface area contributed by atoms with Crippen molar-refractivity contribution in [2.24, 2.45) is 28.7 Å². The number of imidazole rings is 1. The lowest BCUT2D eigenvalue weighted by molar-refractivity contribution is -0.136. The molecule has 3 aromatic rings. The molecule has 1 aromatic heterocycles. The number of allylic oxidation sites excluding steroid dienone is 1. The normalized spacial score (nSPS) is 21.7. The molecule has 58 heavy (non-hydrogen) atoms. The van der Waals surface area contributed by atoms with Crippen LogP contribution in [0, 0.1) is 23.7 Å². The minimum atomic E-state index is -0.740. The van der Waals surface area contributed by atoms with Crippen LogP contribution >= 0.6 is 23.2 Å². The lowest BCUT2D eigenvalue weighted by Crippen LogP contribution is -2.53. The van der Waals surface area contributed by atoms with Crippen molar-refractivity contribution in [1.82, 2.24) is 30.4 Å². The minimum Gasteiger partial charge on any atom is -0.453 e. The molecular formula is C43H53Cl2N7O6. The Morgan fingerprint density at radius 3 is 1.66 bits per heavy atom. The van der Waals surface area contributed by atoms with Crippen LogP contribution in [0.4, 0.5) is 9.59 Å². The van der Waals surface area contributed by atoms with E-state index >= 15 is 0 Å². The summed E-state index contributed by atoms with van der Waals surface area (Å²) in [6.07, 6.45) is 0.698. The molecule has 6 rings (SSSR count). The molecule has 3 aliphatic heterocycles. The Morgan fingerprint density at radius 2 is 1.17 bits per heavy atom. The monoisotopic (exact) mass is 833 g/mol. The SMILES string of the molecule is COC(=O)N[C@H](C(=O)N1C[C@@H](C)C[C@H]1C1=NC(Cl)=C(c2ccc(-c3ccc(-c4nc([C@@H]5C[C@H](C)CN5C(=O)[C@@H](NC(=O)OC)C(C)C)[nH]c4Cl)cc3)cc2)C1)C(C)C. The number of hydrogen-bond acceptors (Lipinski definition) is 8. The Balaban J connectivity index is 1.13. The van der Waals surface area contributed by atoms with Gasteiger partial charge in [0.05, 0.1) is 26.3 Å². The molecule has 310 valence electrons. The van der Waals surface area contributed by atoms with Gasteiger partial charge in [-0.05, 0) is 53.2 Å². The number of aliphatic imine (C=N–C) groups is 1. The van der Waals surface area contributed by atoms with Crippen molar-refractivity contribution < 1.29 is 28.7 Å². The fourth-order valence-electron chi connectivity index (χ4n) is 8.21. The number of methoxy groups -OCH3 is 2. The van der Waals surface area contributed by atoms with Gasteiger partial charge in [0.1, 0.15) is 33.9 Å². The summed E-state index contributed by atoms with van der Waals surface area (Å²) in [6.45, 7) is 12.9. The zero-order chi connectivity index (χ0) is 42.0. The summed E-state index contributed by atoms with van der Waals surface area (Å²) >= 11 is 13.5. The van der Waals surface area contributed by atoms with Gasteiger partial charge in [-0.25, -0.2) is 19.6 Å². The number of carbonyl (C=O) groups is 4. The van der Waals surface area contributed by atoms with E-state index in [2.05, 4.69) is 29.5 Å². The van der Waals surface area contributed by atoms with Gasteiger partial charge in [0, 0.05) is 36.4 Å². The van der Waals surface area contributed by atoms with E-state index < -0.39 is 24.3 Å². The number of aromatic amines is 1. The second-order valence-corrected chi connectivity index (χ2v) is 17.1. The highest BCUT2D eigenvalue weighted by molar-refractivity contribution is 6.35. The van der Waals surface area contributed by atoms with Gasteiger partial charge >= 0.3 is 12.2 Å². The van der Waals surface area contributed by atoms with Crippen LogP contribution in [-0.4, -0.2) is 94.9 Å². The topological polar surface area (TPSA) is 158 Å². The highest BCUT2D eigenvalue weighted by atomic mass is 35.5. The summed E-state index contributed by atoms with van der Waals surface area (Å²) in [4.78, 5) is 68.1. The number of nitrogens with zero attached hydrogens (tertiary/aromatic N) is 4. The third kappa shape index (κ3) is 9.05. The minimum absolute atomic E-state index is 0.130. The molecule has 0 aliphatic carbocycles. The Hall–Kier alpha value is -4.88. The number of nitrogens with one attached hydrogen (secondary N) is 3. The number of likely N-dealkylation sites (tertiary alicyclic amines) is 2. The highest BCUT2D eigenvalue weighted by Crippen LogP contribution is 2.40. The second kappa shape index (κ2) is 17.9. The third-order valence-corrected chi connectivity index (χ3v) is 11.9. The predicted octanol–water partition coefficient (Wildman–Crippen LogP) is 8.06. The van der Waals surface area contributed by atoms with E-state index in [0.29, 0.717) is 47.8 Å². The van der Waals surface area contributed by atoms with E-state index in [1.807, 2.05) is 81.1 Å². The van der Waals surface area contributed by atoms with Crippen LogP contribution < -0.4 is 10.6 Å². The Labute approximate surface area is 349 Å². The molecule has 15 heteroatoms. The van der Waals surface area contributed by atoms with Crippen LogP contribution in [0.15, 0.2) is 58.7 Å². The van der Waals surface area contributed by atoms with E-state index in [1.54, 1.807) is 4.90 Å². The smallest absolute Gasteiger partial charge is 0.407 e. The molecule has 0 spiro atoms. The lowest BCUT2D eigenvalue weighted by Gasteiger charge is -2.31. The number of H-pyrrole nitrogens is 1. The maximum absolute atomic E-state index is 13.8. The van der Waals surface area contributed by atoms with Gasteiger partial charge in [-0.1, -0.05) is 113 Å². The van der Waals surface area contributed by atoms with Gasteiger partial charge < -0.3 is 34.9 Å². The molecule has 4 heterocycles. The number of alkyl carbamates (subject to hydrolysis) is 2. The zero-order valence-electron chi connectivity index (χ0n) is 34.3. The number of aromatic nitrogens is 2. The zero-order valence-corrected chi connectivity index (χ0v) is 35.8. The van der Waals surface area contributed by atoms with Crippen molar-refractivity contribution in [1.29, 1.82) is 0 Å². The third-order valence-electron chi connectivity index (χ3n) is 11.3. The summed E-state index contributed by atoms with van der Waals surface area (Å²) in [5.74, 6) is 0.475. The summed E-state index contributed by atoms with van der Waals surface area (Å²) < 4.78 is 9.56.